The highest BCUT2D eigenvalue weighted by Crippen LogP contribution is 2.41. The van der Waals surface area contributed by atoms with Crippen LogP contribution in [0.25, 0.3) is 65.0 Å². The number of hydrogen-bond donors (Lipinski definition) is 0. The van der Waals surface area contributed by atoms with Gasteiger partial charge in [0.15, 0.2) is 0 Å². The predicted molar refractivity (Wildman–Crippen MR) is 194 cm³/mol. The Kier molecular flexibility index (Phi) is 5.89. The van der Waals surface area contributed by atoms with E-state index in [1.165, 1.54) is 65.0 Å². The maximum atomic E-state index is 2.40. The summed E-state index contributed by atoms with van der Waals surface area (Å²) < 4.78 is 0. The zero-order valence-electron chi connectivity index (χ0n) is 24.7. The number of benzene rings is 9. The molecule has 210 valence electrons. The normalized spacial score (nSPS) is 11.6. The smallest absolute Gasteiger partial charge is 0.0468 e. The fraction of sp³-hybridized carbons (Fsp3) is 0. The van der Waals surface area contributed by atoms with Crippen LogP contribution in [0.5, 0.6) is 0 Å². The van der Waals surface area contributed by atoms with Crippen LogP contribution in [-0.2, 0) is 0 Å². The third-order valence-corrected chi connectivity index (χ3v) is 9.20. The van der Waals surface area contributed by atoms with Crippen LogP contribution < -0.4 is 4.90 Å². The molecule has 0 fully saturated rings. The van der Waals surface area contributed by atoms with Crippen molar-refractivity contribution in [3.8, 4) is 11.1 Å². The molecule has 0 aromatic heterocycles. The minimum absolute atomic E-state index is 1.12. The van der Waals surface area contributed by atoms with Crippen LogP contribution in [0.15, 0.2) is 176 Å². The monoisotopic (exact) mass is 571 g/mol. The molecule has 1 heteroatoms. The highest BCUT2D eigenvalue weighted by molar-refractivity contribution is 6.11. The van der Waals surface area contributed by atoms with E-state index >= 15 is 0 Å². The topological polar surface area (TPSA) is 3.24 Å². The molecule has 1 nitrogen and oxygen atoms in total. The summed E-state index contributed by atoms with van der Waals surface area (Å²) in [5.74, 6) is 0. The summed E-state index contributed by atoms with van der Waals surface area (Å²) in [4.78, 5) is 2.40. The Balaban J connectivity index is 1.25. The van der Waals surface area contributed by atoms with Crippen LogP contribution in [0, 0.1) is 0 Å². The summed E-state index contributed by atoms with van der Waals surface area (Å²) in [6.07, 6.45) is 0. The van der Waals surface area contributed by atoms with E-state index in [9.17, 15) is 0 Å². The second-order valence-corrected chi connectivity index (χ2v) is 11.8. The van der Waals surface area contributed by atoms with Gasteiger partial charge in [0.05, 0.1) is 0 Å². The van der Waals surface area contributed by atoms with Gasteiger partial charge in [-0.25, -0.2) is 0 Å². The summed E-state index contributed by atoms with van der Waals surface area (Å²) in [6.45, 7) is 0. The van der Waals surface area contributed by atoms with Crippen molar-refractivity contribution in [3.05, 3.63) is 176 Å². The summed E-state index contributed by atoms with van der Waals surface area (Å²) in [7, 11) is 0. The highest BCUT2D eigenvalue weighted by Gasteiger charge is 2.16. The predicted octanol–water partition coefficient (Wildman–Crippen LogP) is 12.6. The lowest BCUT2D eigenvalue weighted by atomic mass is 9.97. The van der Waals surface area contributed by atoms with E-state index in [2.05, 4.69) is 181 Å². The van der Waals surface area contributed by atoms with Crippen molar-refractivity contribution in [2.75, 3.05) is 4.90 Å². The summed E-state index contributed by atoms with van der Waals surface area (Å²) >= 11 is 0. The molecule has 0 saturated heterocycles. The van der Waals surface area contributed by atoms with Gasteiger partial charge in [0, 0.05) is 17.1 Å². The van der Waals surface area contributed by atoms with Crippen molar-refractivity contribution in [3.63, 3.8) is 0 Å². The Morgan fingerprint density at radius 2 is 0.667 bits per heavy atom. The van der Waals surface area contributed by atoms with Crippen molar-refractivity contribution in [1.29, 1.82) is 0 Å². The standard InChI is InChI=1S/C44H29N/c1-4-12-39-30(8-1)11-7-15-40(39)33-20-24-36(25-21-33)45(37-26-22-34-18-16-31-9-2-5-13-41(31)43(34)28-37)38-27-23-35-19-17-32-10-3-6-14-42(32)44(35)29-38/h1-29H. The van der Waals surface area contributed by atoms with E-state index in [1.54, 1.807) is 0 Å². The fourth-order valence-corrected chi connectivity index (χ4v) is 6.97. The molecule has 0 aliphatic heterocycles. The maximum Gasteiger partial charge on any atom is 0.0468 e. The third kappa shape index (κ3) is 4.32. The maximum absolute atomic E-state index is 2.40. The molecule has 0 N–H and O–H groups in total. The Morgan fingerprint density at radius 3 is 1.22 bits per heavy atom. The van der Waals surface area contributed by atoms with Gasteiger partial charge in [-0.05, 0) is 101 Å². The lowest BCUT2D eigenvalue weighted by Crippen LogP contribution is -2.10. The molecule has 0 aliphatic carbocycles. The van der Waals surface area contributed by atoms with Crippen LogP contribution in [-0.4, -0.2) is 0 Å². The molecule has 0 saturated carbocycles. The van der Waals surface area contributed by atoms with E-state index in [1.807, 2.05) is 0 Å². The van der Waals surface area contributed by atoms with Crippen molar-refractivity contribution < 1.29 is 0 Å². The molecule has 0 amide bonds. The van der Waals surface area contributed by atoms with E-state index < -0.39 is 0 Å². The Bertz CT molecular complexity index is 2420. The average molecular weight is 572 g/mol. The van der Waals surface area contributed by atoms with Gasteiger partial charge < -0.3 is 4.90 Å². The van der Waals surface area contributed by atoms with E-state index in [0.29, 0.717) is 0 Å². The van der Waals surface area contributed by atoms with Gasteiger partial charge in [-0.15, -0.1) is 0 Å². The lowest BCUT2D eigenvalue weighted by Gasteiger charge is -2.27. The fourth-order valence-electron chi connectivity index (χ4n) is 6.97. The molecular weight excluding hydrogens is 542 g/mol. The Morgan fingerprint density at radius 1 is 0.267 bits per heavy atom. The summed E-state index contributed by atoms with van der Waals surface area (Å²) in [6, 6.07) is 64.2. The van der Waals surface area contributed by atoms with Gasteiger partial charge in [0.25, 0.3) is 0 Å². The lowest BCUT2D eigenvalue weighted by molar-refractivity contribution is 1.30. The summed E-state index contributed by atoms with van der Waals surface area (Å²) in [5, 5.41) is 12.6. The number of fused-ring (bicyclic) bond motifs is 7. The number of rotatable bonds is 4. The van der Waals surface area contributed by atoms with Gasteiger partial charge in [0.2, 0.25) is 0 Å². The molecule has 0 aliphatic rings. The minimum atomic E-state index is 1.12. The minimum Gasteiger partial charge on any atom is -0.310 e. The molecule has 0 bridgehead atoms. The van der Waals surface area contributed by atoms with Crippen LogP contribution in [0.2, 0.25) is 0 Å². The van der Waals surface area contributed by atoms with Crippen molar-refractivity contribution in [2.24, 2.45) is 0 Å². The number of hydrogen-bond acceptors (Lipinski definition) is 1. The second kappa shape index (κ2) is 10.4. The first-order valence-electron chi connectivity index (χ1n) is 15.5. The molecule has 9 rings (SSSR count). The average Bonchev–Trinajstić information content (AvgIpc) is 3.11. The van der Waals surface area contributed by atoms with Crippen LogP contribution in [0.1, 0.15) is 0 Å². The quantitative estimate of drug-likeness (QED) is 0.190. The second-order valence-electron chi connectivity index (χ2n) is 11.8. The Labute approximate surface area is 262 Å². The molecule has 9 aromatic rings. The van der Waals surface area contributed by atoms with Crippen LogP contribution in [0.3, 0.4) is 0 Å². The molecule has 0 unspecified atom stereocenters. The van der Waals surface area contributed by atoms with Crippen molar-refractivity contribution in [2.45, 2.75) is 0 Å². The molecule has 0 atom stereocenters. The first-order chi connectivity index (χ1) is 22.3. The zero-order valence-corrected chi connectivity index (χ0v) is 24.7. The van der Waals surface area contributed by atoms with Crippen molar-refractivity contribution in [1.82, 2.24) is 0 Å². The zero-order chi connectivity index (χ0) is 29.7. The molecule has 0 heterocycles. The number of nitrogens with zero attached hydrogens (tertiary/aromatic N) is 1. The number of anilines is 3. The van der Waals surface area contributed by atoms with Gasteiger partial charge in [-0.3, -0.25) is 0 Å². The summed E-state index contributed by atoms with van der Waals surface area (Å²) in [5.41, 5.74) is 5.86. The largest absolute Gasteiger partial charge is 0.310 e. The van der Waals surface area contributed by atoms with E-state index in [4.69, 9.17) is 0 Å². The van der Waals surface area contributed by atoms with Gasteiger partial charge in [0.1, 0.15) is 0 Å². The molecule has 9 aromatic carbocycles. The Hall–Kier alpha value is -5.92. The van der Waals surface area contributed by atoms with E-state index in [0.717, 1.165) is 17.1 Å². The highest BCUT2D eigenvalue weighted by atomic mass is 15.1. The van der Waals surface area contributed by atoms with E-state index in [-0.39, 0.29) is 0 Å². The van der Waals surface area contributed by atoms with Crippen LogP contribution >= 0.6 is 0 Å². The van der Waals surface area contributed by atoms with Gasteiger partial charge in [-0.2, -0.15) is 0 Å². The molecule has 0 spiro atoms. The van der Waals surface area contributed by atoms with Gasteiger partial charge in [-0.1, -0.05) is 140 Å². The SMILES string of the molecule is c1ccc2c(-c3ccc(N(c4ccc5ccc6ccccc6c5c4)c4ccc5ccc6ccccc6c5c4)cc3)cccc2c1. The molecule has 45 heavy (non-hydrogen) atoms. The molecule has 0 radical (unpaired) electrons. The first kappa shape index (κ1) is 25.6. The van der Waals surface area contributed by atoms with Crippen molar-refractivity contribution >= 4 is 70.9 Å². The van der Waals surface area contributed by atoms with Gasteiger partial charge >= 0.3 is 0 Å². The third-order valence-electron chi connectivity index (χ3n) is 9.20. The molecular formula is C44H29N. The first-order valence-corrected chi connectivity index (χ1v) is 15.5. The van der Waals surface area contributed by atoms with Crippen LogP contribution in [0.4, 0.5) is 17.1 Å².